The van der Waals surface area contributed by atoms with Gasteiger partial charge in [-0.1, -0.05) is 0 Å². The lowest BCUT2D eigenvalue weighted by atomic mass is 10.1. The van der Waals surface area contributed by atoms with E-state index in [2.05, 4.69) is 23.4 Å². The summed E-state index contributed by atoms with van der Waals surface area (Å²) in [6, 6.07) is 1.80. The zero-order valence-electron chi connectivity index (χ0n) is 13.3. The first-order valence-corrected chi connectivity index (χ1v) is 7.09. The molecule has 0 bridgehead atoms. The van der Waals surface area contributed by atoms with E-state index in [0.29, 0.717) is 6.61 Å². The first kappa shape index (κ1) is 15.8. The van der Waals surface area contributed by atoms with Crippen molar-refractivity contribution in [1.29, 1.82) is 0 Å². The van der Waals surface area contributed by atoms with Gasteiger partial charge < -0.3 is 19.8 Å². The molecule has 0 aliphatic carbocycles. The van der Waals surface area contributed by atoms with Crippen LogP contribution in [0.15, 0.2) is 18.3 Å². The van der Waals surface area contributed by atoms with Crippen LogP contribution in [-0.4, -0.2) is 55.2 Å². The standard InChI is InChI=1S/C15H24N4O2/c1-6-21-15(20)12-8-13(19(5)17-12)11-9-16-14(18(3)4)7-10(11)2/h7-9,12,15,17,20H,6H2,1-5H3. The molecule has 116 valence electrons. The maximum atomic E-state index is 9.94. The Morgan fingerprint density at radius 2 is 2.24 bits per heavy atom. The molecule has 2 N–H and O–H groups in total. The van der Waals surface area contributed by atoms with Gasteiger partial charge in [0.2, 0.25) is 0 Å². The number of nitrogens with zero attached hydrogens (tertiary/aromatic N) is 3. The van der Waals surface area contributed by atoms with Crippen LogP contribution >= 0.6 is 0 Å². The third-order valence-electron chi connectivity index (χ3n) is 3.52. The second-order valence-electron chi connectivity index (χ2n) is 5.36. The average Bonchev–Trinajstić information content (AvgIpc) is 2.81. The smallest absolute Gasteiger partial charge is 0.175 e. The number of pyridine rings is 1. The first-order chi connectivity index (χ1) is 9.93. The van der Waals surface area contributed by atoms with Crippen LogP contribution in [0.4, 0.5) is 5.82 Å². The number of ether oxygens (including phenoxy) is 1. The van der Waals surface area contributed by atoms with Gasteiger partial charge in [-0.25, -0.2) is 10.4 Å². The minimum atomic E-state index is -0.857. The van der Waals surface area contributed by atoms with Gasteiger partial charge in [-0.15, -0.1) is 0 Å². The van der Waals surface area contributed by atoms with E-state index in [1.165, 1.54) is 0 Å². The second-order valence-corrected chi connectivity index (χ2v) is 5.36. The van der Waals surface area contributed by atoms with E-state index >= 15 is 0 Å². The van der Waals surface area contributed by atoms with Gasteiger partial charge in [0.05, 0.1) is 11.7 Å². The molecular formula is C15H24N4O2. The molecule has 2 atom stereocenters. The maximum Gasteiger partial charge on any atom is 0.175 e. The van der Waals surface area contributed by atoms with Crippen molar-refractivity contribution in [2.75, 3.05) is 32.6 Å². The normalized spacial score (nSPS) is 19.6. The minimum absolute atomic E-state index is 0.252. The third-order valence-corrected chi connectivity index (χ3v) is 3.52. The molecule has 0 fully saturated rings. The largest absolute Gasteiger partial charge is 0.366 e. The lowest BCUT2D eigenvalue weighted by Crippen LogP contribution is -2.42. The van der Waals surface area contributed by atoms with Gasteiger partial charge in [-0.3, -0.25) is 0 Å². The summed E-state index contributed by atoms with van der Waals surface area (Å²) in [6.07, 6.45) is 2.98. The fourth-order valence-corrected chi connectivity index (χ4v) is 2.36. The quantitative estimate of drug-likeness (QED) is 0.789. The molecule has 0 radical (unpaired) electrons. The molecule has 0 saturated carbocycles. The van der Waals surface area contributed by atoms with Crippen molar-refractivity contribution in [3.63, 3.8) is 0 Å². The van der Waals surface area contributed by atoms with Crippen molar-refractivity contribution in [3.05, 3.63) is 29.5 Å². The molecule has 1 aromatic rings. The average molecular weight is 292 g/mol. The molecule has 1 aromatic heterocycles. The number of hydrogen-bond donors (Lipinski definition) is 2. The maximum absolute atomic E-state index is 9.94. The summed E-state index contributed by atoms with van der Waals surface area (Å²) in [5, 5.41) is 11.8. The predicted octanol–water partition coefficient (Wildman–Crippen LogP) is 0.970. The summed E-state index contributed by atoms with van der Waals surface area (Å²) in [7, 11) is 5.86. The second kappa shape index (κ2) is 6.43. The van der Waals surface area contributed by atoms with E-state index < -0.39 is 6.29 Å². The number of rotatable bonds is 5. The van der Waals surface area contributed by atoms with Crippen LogP contribution in [0, 0.1) is 6.92 Å². The molecular weight excluding hydrogens is 268 g/mol. The highest BCUT2D eigenvalue weighted by molar-refractivity contribution is 5.69. The minimum Gasteiger partial charge on any atom is -0.366 e. The van der Waals surface area contributed by atoms with E-state index in [0.717, 1.165) is 22.6 Å². The van der Waals surface area contributed by atoms with Crippen molar-refractivity contribution in [2.45, 2.75) is 26.2 Å². The number of hydrazine groups is 1. The van der Waals surface area contributed by atoms with E-state index in [1.807, 2.05) is 50.2 Å². The van der Waals surface area contributed by atoms with Crippen molar-refractivity contribution in [1.82, 2.24) is 15.4 Å². The highest BCUT2D eigenvalue weighted by Gasteiger charge is 2.27. The lowest BCUT2D eigenvalue weighted by molar-refractivity contribution is -0.110. The summed E-state index contributed by atoms with van der Waals surface area (Å²) < 4.78 is 5.24. The number of hydrogen-bond acceptors (Lipinski definition) is 6. The van der Waals surface area contributed by atoms with Crippen LogP contribution in [0.1, 0.15) is 18.1 Å². The van der Waals surface area contributed by atoms with Gasteiger partial charge in [0.25, 0.3) is 0 Å². The summed E-state index contributed by atoms with van der Waals surface area (Å²) in [5.41, 5.74) is 6.36. The van der Waals surface area contributed by atoms with E-state index in [4.69, 9.17) is 4.74 Å². The topological polar surface area (TPSA) is 60.9 Å². The van der Waals surface area contributed by atoms with E-state index in [-0.39, 0.29) is 6.04 Å². The van der Waals surface area contributed by atoms with Crippen molar-refractivity contribution in [2.24, 2.45) is 0 Å². The van der Waals surface area contributed by atoms with Crippen LogP contribution in [0.3, 0.4) is 0 Å². The third kappa shape index (κ3) is 3.34. The Balaban J connectivity index is 2.26. The van der Waals surface area contributed by atoms with Crippen molar-refractivity contribution < 1.29 is 9.84 Å². The lowest BCUT2D eigenvalue weighted by Gasteiger charge is -2.22. The Morgan fingerprint density at radius 3 is 2.81 bits per heavy atom. The molecule has 1 aliphatic heterocycles. The molecule has 0 spiro atoms. The van der Waals surface area contributed by atoms with Gasteiger partial charge in [-0.2, -0.15) is 0 Å². The molecule has 21 heavy (non-hydrogen) atoms. The summed E-state index contributed by atoms with van der Waals surface area (Å²) in [4.78, 5) is 6.44. The molecule has 0 amide bonds. The molecule has 1 aliphatic rings. The van der Waals surface area contributed by atoms with Gasteiger partial charge in [0.1, 0.15) is 5.82 Å². The number of aliphatic hydroxyl groups is 1. The number of nitrogens with one attached hydrogen (secondary N) is 1. The highest BCUT2D eigenvalue weighted by Crippen LogP contribution is 2.27. The Morgan fingerprint density at radius 1 is 1.52 bits per heavy atom. The number of aromatic nitrogens is 1. The Hall–Kier alpha value is -1.63. The van der Waals surface area contributed by atoms with Crippen LogP contribution in [0.5, 0.6) is 0 Å². The monoisotopic (exact) mass is 292 g/mol. The molecule has 2 rings (SSSR count). The summed E-state index contributed by atoms with van der Waals surface area (Å²) >= 11 is 0. The fourth-order valence-electron chi connectivity index (χ4n) is 2.36. The van der Waals surface area contributed by atoms with Crippen LogP contribution in [-0.2, 0) is 4.74 Å². The molecule has 6 heteroatoms. The Labute approximate surface area is 126 Å². The molecule has 6 nitrogen and oxygen atoms in total. The fraction of sp³-hybridized carbons (Fsp3) is 0.533. The SMILES string of the molecule is CCOC(O)C1C=C(c2cnc(N(C)C)cc2C)N(C)N1. The molecule has 0 aromatic carbocycles. The molecule has 2 unspecified atom stereocenters. The summed E-state index contributed by atoms with van der Waals surface area (Å²) in [6.45, 7) is 4.40. The van der Waals surface area contributed by atoms with Gasteiger partial charge in [0.15, 0.2) is 6.29 Å². The molecule has 2 heterocycles. The van der Waals surface area contributed by atoms with Gasteiger partial charge >= 0.3 is 0 Å². The van der Waals surface area contributed by atoms with E-state index in [1.54, 1.807) is 0 Å². The number of aryl methyl sites for hydroxylation is 1. The molecule has 0 saturated heterocycles. The first-order valence-electron chi connectivity index (χ1n) is 7.09. The van der Waals surface area contributed by atoms with Gasteiger partial charge in [-0.05, 0) is 31.6 Å². The van der Waals surface area contributed by atoms with Crippen molar-refractivity contribution in [3.8, 4) is 0 Å². The van der Waals surface area contributed by atoms with Crippen LogP contribution in [0.2, 0.25) is 0 Å². The zero-order valence-corrected chi connectivity index (χ0v) is 13.3. The van der Waals surface area contributed by atoms with Crippen LogP contribution < -0.4 is 10.3 Å². The number of aliphatic hydroxyl groups excluding tert-OH is 1. The van der Waals surface area contributed by atoms with E-state index in [9.17, 15) is 5.11 Å². The van der Waals surface area contributed by atoms with Crippen LogP contribution in [0.25, 0.3) is 5.70 Å². The summed E-state index contributed by atoms with van der Waals surface area (Å²) in [5.74, 6) is 0.927. The van der Waals surface area contributed by atoms with Crippen molar-refractivity contribution >= 4 is 11.5 Å². The zero-order chi connectivity index (χ0) is 15.6. The predicted molar refractivity (Wildman–Crippen MR) is 83.6 cm³/mol. The highest BCUT2D eigenvalue weighted by atomic mass is 16.6. The Kier molecular flexibility index (Phi) is 4.82. The Bertz CT molecular complexity index is 530. The van der Waals surface area contributed by atoms with Gasteiger partial charge in [0, 0.05) is 39.5 Å². The number of anilines is 1.